The standard InChI is InChI=1S/C23H21ClF3N7O3/c1-11(2)30-22(36)17-18(12(3)7-13-9-29-32-19(13)17)31-21(35)15-8-16(37-10-23(25,26)27)33-34(15)20-14(24)5-4-6-28-20/h4-9,11H,10H2,1-3H3,(H,29,32)(H,30,36)(H,31,35). The molecule has 4 aromatic rings. The van der Waals surface area contributed by atoms with Crippen molar-refractivity contribution in [1.29, 1.82) is 0 Å². The van der Waals surface area contributed by atoms with Crippen molar-refractivity contribution in [2.45, 2.75) is 33.0 Å². The van der Waals surface area contributed by atoms with Crippen LogP contribution in [-0.4, -0.2) is 55.6 Å². The van der Waals surface area contributed by atoms with Gasteiger partial charge in [0.1, 0.15) is 5.69 Å². The number of benzene rings is 1. The number of ether oxygens (including phenoxy) is 1. The van der Waals surface area contributed by atoms with Gasteiger partial charge in [0.25, 0.3) is 11.8 Å². The van der Waals surface area contributed by atoms with Gasteiger partial charge in [-0.1, -0.05) is 11.6 Å². The molecule has 194 valence electrons. The third-order valence-electron chi connectivity index (χ3n) is 5.06. The molecule has 3 aromatic heterocycles. The molecule has 0 aliphatic rings. The fourth-order valence-corrected chi connectivity index (χ4v) is 3.78. The summed E-state index contributed by atoms with van der Waals surface area (Å²) in [4.78, 5) is 30.7. The van der Waals surface area contributed by atoms with Crippen molar-refractivity contribution in [2.75, 3.05) is 11.9 Å². The van der Waals surface area contributed by atoms with E-state index in [1.807, 2.05) is 0 Å². The lowest BCUT2D eigenvalue weighted by Crippen LogP contribution is -2.31. The van der Waals surface area contributed by atoms with E-state index in [1.165, 1.54) is 12.3 Å². The summed E-state index contributed by atoms with van der Waals surface area (Å²) in [5.74, 6) is -1.73. The second-order valence-electron chi connectivity index (χ2n) is 8.35. The summed E-state index contributed by atoms with van der Waals surface area (Å²) >= 11 is 6.21. The number of fused-ring (bicyclic) bond motifs is 1. The normalized spacial score (nSPS) is 11.7. The molecule has 0 atom stereocenters. The number of aryl methyl sites for hydroxylation is 1. The summed E-state index contributed by atoms with van der Waals surface area (Å²) in [5.41, 5.74) is 1.04. The van der Waals surface area contributed by atoms with Gasteiger partial charge in [0.2, 0.25) is 5.88 Å². The average molecular weight is 536 g/mol. The molecule has 0 saturated heterocycles. The van der Waals surface area contributed by atoms with Crippen LogP contribution < -0.4 is 15.4 Å². The molecule has 37 heavy (non-hydrogen) atoms. The SMILES string of the molecule is Cc1cc2cn[nH]c2c(C(=O)NC(C)C)c1NC(=O)c1cc(OCC(F)(F)F)nn1-c1ncccc1Cl. The molecule has 4 rings (SSSR count). The van der Waals surface area contributed by atoms with Crippen molar-refractivity contribution in [1.82, 2.24) is 30.3 Å². The molecule has 1 aromatic carbocycles. The van der Waals surface area contributed by atoms with Gasteiger partial charge in [0.15, 0.2) is 12.4 Å². The van der Waals surface area contributed by atoms with E-state index >= 15 is 0 Å². The lowest BCUT2D eigenvalue weighted by molar-refractivity contribution is -0.154. The zero-order valence-corrected chi connectivity index (χ0v) is 20.5. The average Bonchev–Trinajstić information content (AvgIpc) is 3.44. The van der Waals surface area contributed by atoms with Crippen molar-refractivity contribution in [3.63, 3.8) is 0 Å². The molecule has 0 radical (unpaired) electrons. The van der Waals surface area contributed by atoms with E-state index in [0.717, 1.165) is 10.7 Å². The fourth-order valence-electron chi connectivity index (χ4n) is 3.57. The fraction of sp³-hybridized carbons (Fsp3) is 0.261. The predicted molar refractivity (Wildman–Crippen MR) is 129 cm³/mol. The van der Waals surface area contributed by atoms with Crippen LogP contribution in [-0.2, 0) is 0 Å². The number of carbonyl (C=O) groups is 2. The maximum Gasteiger partial charge on any atom is 0.422 e. The highest BCUT2D eigenvalue weighted by molar-refractivity contribution is 6.32. The lowest BCUT2D eigenvalue weighted by atomic mass is 10.0. The number of nitrogens with one attached hydrogen (secondary N) is 3. The van der Waals surface area contributed by atoms with Gasteiger partial charge in [-0.3, -0.25) is 14.7 Å². The smallest absolute Gasteiger partial charge is 0.422 e. The van der Waals surface area contributed by atoms with E-state index in [2.05, 4.69) is 30.9 Å². The Kier molecular flexibility index (Phi) is 7.07. The molecule has 0 fully saturated rings. The number of amides is 2. The first-order valence-corrected chi connectivity index (χ1v) is 11.3. The van der Waals surface area contributed by atoms with E-state index in [1.54, 1.807) is 39.1 Å². The summed E-state index contributed by atoms with van der Waals surface area (Å²) in [6.45, 7) is 3.65. The number of hydrogen-bond acceptors (Lipinski definition) is 6. The summed E-state index contributed by atoms with van der Waals surface area (Å²) < 4.78 is 43.9. The highest BCUT2D eigenvalue weighted by Gasteiger charge is 2.30. The van der Waals surface area contributed by atoms with Gasteiger partial charge in [0.05, 0.1) is 28.0 Å². The number of aromatic amines is 1. The van der Waals surface area contributed by atoms with Crippen molar-refractivity contribution >= 4 is 40.0 Å². The first-order valence-electron chi connectivity index (χ1n) is 10.9. The quantitative estimate of drug-likeness (QED) is 0.321. The van der Waals surface area contributed by atoms with Gasteiger partial charge in [-0.15, -0.1) is 5.10 Å². The van der Waals surface area contributed by atoms with Gasteiger partial charge in [0, 0.05) is 23.7 Å². The summed E-state index contributed by atoms with van der Waals surface area (Å²) in [5, 5.41) is 16.9. The van der Waals surface area contributed by atoms with Crippen LogP contribution in [0.5, 0.6) is 5.88 Å². The van der Waals surface area contributed by atoms with Gasteiger partial charge in [-0.2, -0.15) is 18.3 Å². The van der Waals surface area contributed by atoms with Crippen LogP contribution in [0.1, 0.15) is 40.3 Å². The van der Waals surface area contributed by atoms with Crippen molar-refractivity contribution in [2.24, 2.45) is 0 Å². The number of halogens is 4. The first kappa shape index (κ1) is 25.9. The second kappa shape index (κ2) is 10.1. The van der Waals surface area contributed by atoms with Gasteiger partial charge >= 0.3 is 6.18 Å². The Hall–Kier alpha value is -4.13. The molecule has 0 spiro atoms. The van der Waals surface area contributed by atoms with E-state index in [0.29, 0.717) is 16.5 Å². The highest BCUT2D eigenvalue weighted by Crippen LogP contribution is 2.30. The minimum Gasteiger partial charge on any atom is -0.467 e. The molecule has 0 aliphatic heterocycles. The zero-order chi connectivity index (χ0) is 26.9. The number of rotatable bonds is 7. The molecule has 3 heterocycles. The van der Waals surface area contributed by atoms with Crippen molar-refractivity contribution < 1.29 is 27.5 Å². The van der Waals surface area contributed by atoms with Crippen LogP contribution in [0.15, 0.2) is 36.7 Å². The number of anilines is 1. The van der Waals surface area contributed by atoms with Crippen LogP contribution in [0.25, 0.3) is 16.7 Å². The Morgan fingerprint density at radius 3 is 2.68 bits per heavy atom. The van der Waals surface area contributed by atoms with Gasteiger partial charge in [-0.05, 0) is 44.5 Å². The summed E-state index contributed by atoms with van der Waals surface area (Å²) in [6, 6.07) is 5.58. The monoisotopic (exact) mass is 535 g/mol. The van der Waals surface area contributed by atoms with Crippen LogP contribution >= 0.6 is 11.6 Å². The Balaban J connectivity index is 1.79. The van der Waals surface area contributed by atoms with E-state index in [-0.39, 0.29) is 33.8 Å². The summed E-state index contributed by atoms with van der Waals surface area (Å²) in [7, 11) is 0. The molecular weight excluding hydrogens is 515 g/mol. The molecule has 14 heteroatoms. The molecule has 3 N–H and O–H groups in total. The van der Waals surface area contributed by atoms with E-state index in [4.69, 9.17) is 16.3 Å². The third kappa shape index (κ3) is 5.66. The molecular formula is C23H21ClF3N7O3. The highest BCUT2D eigenvalue weighted by atomic mass is 35.5. The van der Waals surface area contributed by atoms with Crippen LogP contribution in [0, 0.1) is 6.92 Å². The molecule has 0 unspecified atom stereocenters. The Bertz CT molecular complexity index is 1480. The largest absolute Gasteiger partial charge is 0.467 e. The number of hydrogen-bond donors (Lipinski definition) is 3. The van der Waals surface area contributed by atoms with Gasteiger partial charge < -0.3 is 15.4 Å². The maximum absolute atomic E-state index is 13.5. The van der Waals surface area contributed by atoms with Crippen LogP contribution in [0.4, 0.5) is 18.9 Å². The third-order valence-corrected chi connectivity index (χ3v) is 5.36. The Morgan fingerprint density at radius 1 is 1.24 bits per heavy atom. The molecule has 0 aliphatic carbocycles. The van der Waals surface area contributed by atoms with Crippen LogP contribution in [0.3, 0.4) is 0 Å². The zero-order valence-electron chi connectivity index (χ0n) is 19.8. The van der Waals surface area contributed by atoms with E-state index < -0.39 is 30.5 Å². The topological polar surface area (TPSA) is 127 Å². The number of nitrogens with zero attached hydrogens (tertiary/aromatic N) is 4. The second-order valence-corrected chi connectivity index (χ2v) is 8.76. The van der Waals surface area contributed by atoms with E-state index in [9.17, 15) is 22.8 Å². The number of aromatic nitrogens is 5. The Morgan fingerprint density at radius 2 is 2.00 bits per heavy atom. The number of H-pyrrole nitrogens is 1. The number of carbonyl (C=O) groups excluding carboxylic acids is 2. The predicted octanol–water partition coefficient (Wildman–Crippen LogP) is 4.44. The molecule has 0 bridgehead atoms. The van der Waals surface area contributed by atoms with Crippen LogP contribution in [0.2, 0.25) is 5.02 Å². The molecule has 10 nitrogen and oxygen atoms in total. The number of pyridine rings is 1. The Labute approximate surface area is 213 Å². The maximum atomic E-state index is 13.5. The van der Waals surface area contributed by atoms with Gasteiger partial charge in [-0.25, -0.2) is 9.67 Å². The molecule has 0 saturated carbocycles. The minimum absolute atomic E-state index is 0.00492. The molecule has 2 amide bonds. The number of alkyl halides is 3. The summed E-state index contributed by atoms with van der Waals surface area (Å²) in [6.07, 6.45) is -1.70. The first-order chi connectivity index (χ1) is 17.4. The minimum atomic E-state index is -4.62. The van der Waals surface area contributed by atoms with Crippen molar-refractivity contribution in [3.05, 3.63) is 58.5 Å². The van der Waals surface area contributed by atoms with Crippen molar-refractivity contribution in [3.8, 4) is 11.7 Å². The lowest BCUT2D eigenvalue weighted by Gasteiger charge is -2.16.